The van der Waals surface area contributed by atoms with Crippen molar-refractivity contribution in [3.63, 3.8) is 0 Å². The third-order valence-corrected chi connectivity index (χ3v) is 3.60. The summed E-state index contributed by atoms with van der Waals surface area (Å²) in [5.41, 5.74) is 6.45. The van der Waals surface area contributed by atoms with Gasteiger partial charge in [-0.15, -0.1) is 6.58 Å². The molecule has 1 aliphatic carbocycles. The maximum atomic E-state index is 6.03. The molecule has 1 saturated carbocycles. The van der Waals surface area contributed by atoms with Gasteiger partial charge in [0.15, 0.2) is 0 Å². The van der Waals surface area contributed by atoms with Crippen molar-refractivity contribution in [2.45, 2.75) is 52.5 Å². The fourth-order valence-corrected chi connectivity index (χ4v) is 2.92. The van der Waals surface area contributed by atoms with Gasteiger partial charge < -0.3 is 5.73 Å². The minimum atomic E-state index is 0.424. The molecule has 82 valence electrons. The van der Waals surface area contributed by atoms with E-state index in [1.807, 2.05) is 0 Å². The zero-order chi connectivity index (χ0) is 10.8. The lowest BCUT2D eigenvalue weighted by Gasteiger charge is -2.42. The summed E-state index contributed by atoms with van der Waals surface area (Å²) in [6, 6.07) is 0.429. The van der Waals surface area contributed by atoms with Crippen LogP contribution in [0.2, 0.25) is 0 Å². The van der Waals surface area contributed by atoms with Gasteiger partial charge in [0.1, 0.15) is 0 Å². The second-order valence-electron chi connectivity index (χ2n) is 5.83. The molecule has 0 aromatic rings. The van der Waals surface area contributed by atoms with Gasteiger partial charge in [-0.1, -0.05) is 26.8 Å². The number of nitrogens with two attached hydrogens (primary N) is 1. The van der Waals surface area contributed by atoms with Crippen LogP contribution in [0.4, 0.5) is 0 Å². The van der Waals surface area contributed by atoms with Crippen molar-refractivity contribution in [2.24, 2.45) is 23.0 Å². The smallest absolute Gasteiger partial charge is 0.00417 e. The summed E-state index contributed by atoms with van der Waals surface area (Å²) in [4.78, 5) is 0. The van der Waals surface area contributed by atoms with Gasteiger partial charge in [-0.3, -0.25) is 0 Å². The Morgan fingerprint density at radius 1 is 1.36 bits per heavy atom. The maximum absolute atomic E-state index is 6.03. The fraction of sp³-hybridized carbons (Fsp3) is 0.846. The van der Waals surface area contributed by atoms with Crippen LogP contribution in [0.5, 0.6) is 0 Å². The van der Waals surface area contributed by atoms with Crippen LogP contribution in [0.3, 0.4) is 0 Å². The first-order valence-electron chi connectivity index (χ1n) is 5.81. The summed E-state index contributed by atoms with van der Waals surface area (Å²) in [6.07, 6.45) is 6.88. The van der Waals surface area contributed by atoms with Gasteiger partial charge in [-0.05, 0) is 42.9 Å². The lowest BCUT2D eigenvalue weighted by molar-refractivity contribution is 0.0999. The molecule has 0 amide bonds. The van der Waals surface area contributed by atoms with E-state index >= 15 is 0 Å². The first-order valence-corrected chi connectivity index (χ1v) is 5.81. The maximum Gasteiger partial charge on any atom is 0.00417 e. The lowest BCUT2D eigenvalue weighted by atomic mass is 9.64. The quantitative estimate of drug-likeness (QED) is 0.672. The van der Waals surface area contributed by atoms with Gasteiger partial charge >= 0.3 is 0 Å². The third kappa shape index (κ3) is 2.84. The SMILES string of the molecule is C=CCC1CC(N)CCC1C(C)(C)C. The predicted octanol–water partition coefficient (Wildman–Crippen LogP) is 3.35. The van der Waals surface area contributed by atoms with Crippen LogP contribution >= 0.6 is 0 Å². The van der Waals surface area contributed by atoms with Crippen molar-refractivity contribution in [2.75, 3.05) is 0 Å². The van der Waals surface area contributed by atoms with Gasteiger partial charge in [0.2, 0.25) is 0 Å². The molecule has 0 spiro atoms. The van der Waals surface area contributed by atoms with Crippen molar-refractivity contribution in [1.82, 2.24) is 0 Å². The predicted molar refractivity (Wildman–Crippen MR) is 63.1 cm³/mol. The highest BCUT2D eigenvalue weighted by Crippen LogP contribution is 2.42. The molecular weight excluding hydrogens is 170 g/mol. The zero-order valence-electron chi connectivity index (χ0n) is 9.92. The van der Waals surface area contributed by atoms with Crippen molar-refractivity contribution >= 4 is 0 Å². The Kier molecular flexibility index (Phi) is 3.77. The zero-order valence-corrected chi connectivity index (χ0v) is 9.92. The van der Waals surface area contributed by atoms with Gasteiger partial charge in [-0.2, -0.15) is 0 Å². The molecule has 14 heavy (non-hydrogen) atoms. The van der Waals surface area contributed by atoms with E-state index in [1.165, 1.54) is 19.3 Å². The van der Waals surface area contributed by atoms with Crippen LogP contribution in [0.25, 0.3) is 0 Å². The topological polar surface area (TPSA) is 26.0 Å². The van der Waals surface area contributed by atoms with Crippen LogP contribution in [-0.4, -0.2) is 6.04 Å². The van der Waals surface area contributed by atoms with Crippen molar-refractivity contribution in [3.05, 3.63) is 12.7 Å². The minimum absolute atomic E-state index is 0.424. The summed E-state index contributed by atoms with van der Waals surface area (Å²) in [5.74, 6) is 1.58. The highest BCUT2D eigenvalue weighted by atomic mass is 14.6. The Balaban J connectivity index is 2.67. The molecule has 3 unspecified atom stereocenters. The average Bonchev–Trinajstić information content (AvgIpc) is 2.02. The average molecular weight is 195 g/mol. The van der Waals surface area contributed by atoms with E-state index in [1.54, 1.807) is 0 Å². The summed E-state index contributed by atoms with van der Waals surface area (Å²) >= 11 is 0. The molecule has 0 bridgehead atoms. The molecule has 0 radical (unpaired) electrons. The van der Waals surface area contributed by atoms with Crippen LogP contribution in [0.1, 0.15) is 46.5 Å². The van der Waals surface area contributed by atoms with Gasteiger partial charge in [0.25, 0.3) is 0 Å². The van der Waals surface area contributed by atoms with E-state index < -0.39 is 0 Å². The molecule has 1 rings (SSSR count). The molecule has 1 aliphatic rings. The molecule has 1 nitrogen and oxygen atoms in total. The monoisotopic (exact) mass is 195 g/mol. The summed E-state index contributed by atoms with van der Waals surface area (Å²) in [6.45, 7) is 10.9. The molecule has 0 aromatic carbocycles. The van der Waals surface area contributed by atoms with Gasteiger partial charge in [-0.25, -0.2) is 0 Å². The summed E-state index contributed by atoms with van der Waals surface area (Å²) < 4.78 is 0. The van der Waals surface area contributed by atoms with Crippen LogP contribution in [0.15, 0.2) is 12.7 Å². The molecular formula is C13H25N. The third-order valence-electron chi connectivity index (χ3n) is 3.60. The van der Waals surface area contributed by atoms with Gasteiger partial charge in [0, 0.05) is 6.04 Å². The van der Waals surface area contributed by atoms with Crippen molar-refractivity contribution < 1.29 is 0 Å². The number of rotatable bonds is 2. The highest BCUT2D eigenvalue weighted by molar-refractivity contribution is 4.90. The van der Waals surface area contributed by atoms with Crippen LogP contribution in [0, 0.1) is 17.3 Å². The number of hydrogen-bond donors (Lipinski definition) is 1. The second-order valence-corrected chi connectivity index (χ2v) is 5.83. The number of allylic oxidation sites excluding steroid dienone is 1. The molecule has 0 heterocycles. The van der Waals surface area contributed by atoms with E-state index in [0.29, 0.717) is 11.5 Å². The van der Waals surface area contributed by atoms with E-state index in [2.05, 4.69) is 33.4 Å². The molecule has 0 aromatic heterocycles. The fourth-order valence-electron chi connectivity index (χ4n) is 2.92. The lowest BCUT2D eigenvalue weighted by Crippen LogP contribution is -2.38. The van der Waals surface area contributed by atoms with E-state index in [9.17, 15) is 0 Å². The largest absolute Gasteiger partial charge is 0.328 e. The van der Waals surface area contributed by atoms with Crippen molar-refractivity contribution in [1.29, 1.82) is 0 Å². The Morgan fingerprint density at radius 2 is 2.00 bits per heavy atom. The van der Waals surface area contributed by atoms with E-state index in [0.717, 1.165) is 18.3 Å². The Labute approximate surface area is 88.8 Å². The normalized spacial score (nSPS) is 34.1. The van der Waals surface area contributed by atoms with E-state index in [4.69, 9.17) is 5.73 Å². The molecule has 1 fully saturated rings. The Bertz CT molecular complexity index is 190. The first-order chi connectivity index (χ1) is 6.45. The van der Waals surface area contributed by atoms with Crippen LogP contribution in [-0.2, 0) is 0 Å². The van der Waals surface area contributed by atoms with Gasteiger partial charge in [0.05, 0.1) is 0 Å². The number of hydrogen-bond acceptors (Lipinski definition) is 1. The molecule has 1 heteroatoms. The standard InChI is InChI=1S/C13H25N/c1-5-6-10-9-11(14)7-8-12(10)13(2,3)4/h5,10-12H,1,6-9,14H2,2-4H3. The first kappa shape index (κ1) is 11.8. The minimum Gasteiger partial charge on any atom is -0.328 e. The Morgan fingerprint density at radius 3 is 2.50 bits per heavy atom. The molecule has 0 aliphatic heterocycles. The Hall–Kier alpha value is -0.300. The highest BCUT2D eigenvalue weighted by Gasteiger charge is 2.35. The molecule has 0 saturated heterocycles. The molecule has 3 atom stereocenters. The van der Waals surface area contributed by atoms with Crippen molar-refractivity contribution in [3.8, 4) is 0 Å². The van der Waals surface area contributed by atoms with Crippen LogP contribution < -0.4 is 5.73 Å². The molecule has 2 N–H and O–H groups in total. The van der Waals surface area contributed by atoms with E-state index in [-0.39, 0.29) is 0 Å². The summed E-state index contributed by atoms with van der Waals surface area (Å²) in [5, 5.41) is 0. The second kappa shape index (κ2) is 4.48. The summed E-state index contributed by atoms with van der Waals surface area (Å²) in [7, 11) is 0.